The van der Waals surface area contributed by atoms with Crippen LogP contribution in [0.25, 0.3) is 0 Å². The van der Waals surface area contributed by atoms with E-state index in [4.69, 9.17) is 9.47 Å². The predicted octanol–water partition coefficient (Wildman–Crippen LogP) is 2.67. The normalized spacial score (nSPS) is 20.7. The van der Waals surface area contributed by atoms with Gasteiger partial charge in [0.1, 0.15) is 45.8 Å². The van der Waals surface area contributed by atoms with Crippen LogP contribution in [0.1, 0.15) is 40.9 Å². The van der Waals surface area contributed by atoms with Crippen LogP contribution in [0.3, 0.4) is 0 Å². The molecular formula is C25H22FNO7. The fraction of sp³-hybridized carbons (Fsp3) is 0.280. The number of aromatic hydroxyl groups is 1. The molecule has 34 heavy (non-hydrogen) atoms. The average molecular weight is 467 g/mol. The van der Waals surface area contributed by atoms with E-state index in [1.165, 1.54) is 32.2 Å². The number of benzene rings is 2. The number of phenolic OH excluding ortho intramolecular Hbond substituents is 1. The molecule has 1 unspecified atom stereocenters. The third kappa shape index (κ3) is 3.27. The first-order valence-electron chi connectivity index (χ1n) is 10.5. The van der Waals surface area contributed by atoms with Gasteiger partial charge in [0.25, 0.3) is 5.91 Å². The van der Waals surface area contributed by atoms with Gasteiger partial charge in [0.05, 0.1) is 12.7 Å². The van der Waals surface area contributed by atoms with E-state index < -0.39 is 40.4 Å². The summed E-state index contributed by atoms with van der Waals surface area (Å²) in [6, 6.07) is 5.68. The third-order valence-electron chi connectivity index (χ3n) is 6.41. The molecule has 2 aromatic rings. The van der Waals surface area contributed by atoms with Gasteiger partial charge >= 0.3 is 0 Å². The number of nitrogens with one attached hydrogen (secondary N) is 1. The molecule has 4 rings (SSSR count). The minimum absolute atomic E-state index is 0.00891. The molecule has 2 aliphatic rings. The zero-order valence-corrected chi connectivity index (χ0v) is 18.9. The minimum Gasteiger partial charge on any atom is -0.507 e. The SMILES string of the molecule is COc1cc(O)c2c(c1C(=O)NCc1cccc(F)c1C)OC1=CC(=O)C(C(C)=O)C(=O)[C@]12C. The number of ketones is 3. The van der Waals surface area contributed by atoms with Crippen molar-refractivity contribution < 1.29 is 38.1 Å². The first kappa shape index (κ1) is 23.2. The summed E-state index contributed by atoms with van der Waals surface area (Å²) in [7, 11) is 1.29. The van der Waals surface area contributed by atoms with Gasteiger partial charge in [-0.1, -0.05) is 12.1 Å². The molecular weight excluding hydrogens is 445 g/mol. The van der Waals surface area contributed by atoms with Crippen molar-refractivity contribution in [2.45, 2.75) is 32.7 Å². The van der Waals surface area contributed by atoms with Crippen LogP contribution in [0.4, 0.5) is 4.39 Å². The second kappa shape index (κ2) is 8.09. The molecule has 1 aliphatic carbocycles. The van der Waals surface area contributed by atoms with Gasteiger partial charge in [-0.15, -0.1) is 0 Å². The van der Waals surface area contributed by atoms with Gasteiger partial charge in [0.2, 0.25) is 0 Å². The van der Waals surface area contributed by atoms with Gasteiger partial charge in [-0.05, 0) is 38.0 Å². The van der Waals surface area contributed by atoms with Crippen LogP contribution in [-0.2, 0) is 26.3 Å². The first-order chi connectivity index (χ1) is 16.0. The molecule has 1 aliphatic heterocycles. The van der Waals surface area contributed by atoms with Crippen LogP contribution in [0.5, 0.6) is 17.2 Å². The summed E-state index contributed by atoms with van der Waals surface area (Å²) >= 11 is 0. The molecule has 0 bridgehead atoms. The van der Waals surface area contributed by atoms with E-state index in [1.54, 1.807) is 13.0 Å². The number of ether oxygens (including phenoxy) is 2. The lowest BCUT2D eigenvalue weighted by atomic mass is 9.67. The molecule has 0 radical (unpaired) electrons. The number of allylic oxidation sites excluding steroid dienone is 2. The summed E-state index contributed by atoms with van der Waals surface area (Å²) in [6.07, 6.45) is 1.05. The van der Waals surface area contributed by atoms with Crippen molar-refractivity contribution in [1.82, 2.24) is 5.32 Å². The van der Waals surface area contributed by atoms with Gasteiger partial charge in [-0.2, -0.15) is 0 Å². The van der Waals surface area contributed by atoms with Gasteiger partial charge in [0, 0.05) is 18.7 Å². The summed E-state index contributed by atoms with van der Waals surface area (Å²) in [5.74, 6) is -5.37. The lowest BCUT2D eigenvalue weighted by Gasteiger charge is -2.30. The first-order valence-corrected chi connectivity index (χ1v) is 10.5. The van der Waals surface area contributed by atoms with Crippen LogP contribution in [-0.4, -0.2) is 35.5 Å². The Bertz CT molecular complexity index is 1310. The molecule has 0 aromatic heterocycles. The monoisotopic (exact) mass is 467 g/mol. The van der Waals surface area contributed by atoms with Gasteiger partial charge in [-0.3, -0.25) is 19.2 Å². The maximum absolute atomic E-state index is 13.9. The smallest absolute Gasteiger partial charge is 0.259 e. The molecule has 0 fully saturated rings. The largest absolute Gasteiger partial charge is 0.507 e. The van der Waals surface area contributed by atoms with E-state index in [2.05, 4.69) is 5.32 Å². The number of carbonyl (C=O) groups is 4. The van der Waals surface area contributed by atoms with Crippen LogP contribution in [0.15, 0.2) is 36.1 Å². The van der Waals surface area contributed by atoms with Crippen molar-refractivity contribution >= 4 is 23.3 Å². The molecule has 8 nitrogen and oxygen atoms in total. The summed E-state index contributed by atoms with van der Waals surface area (Å²) < 4.78 is 24.9. The Balaban J connectivity index is 1.81. The maximum Gasteiger partial charge on any atom is 0.259 e. The van der Waals surface area contributed by atoms with Crippen molar-refractivity contribution in [2.75, 3.05) is 7.11 Å². The molecule has 1 heterocycles. The van der Waals surface area contributed by atoms with Crippen LogP contribution >= 0.6 is 0 Å². The number of methoxy groups -OCH3 is 1. The highest BCUT2D eigenvalue weighted by atomic mass is 19.1. The molecule has 2 aromatic carbocycles. The molecule has 176 valence electrons. The van der Waals surface area contributed by atoms with Crippen molar-refractivity contribution in [3.05, 3.63) is 64.2 Å². The summed E-state index contributed by atoms with van der Waals surface area (Å²) in [4.78, 5) is 50.9. The average Bonchev–Trinajstić information content (AvgIpc) is 3.07. The lowest BCUT2D eigenvalue weighted by Crippen LogP contribution is -2.47. The highest BCUT2D eigenvalue weighted by Crippen LogP contribution is 2.56. The van der Waals surface area contributed by atoms with Gasteiger partial charge in [0.15, 0.2) is 17.3 Å². The summed E-state index contributed by atoms with van der Waals surface area (Å²) in [5.41, 5.74) is -0.859. The van der Waals surface area contributed by atoms with E-state index in [0.717, 1.165) is 13.0 Å². The quantitative estimate of drug-likeness (QED) is 0.649. The number of fused-ring (bicyclic) bond motifs is 3. The van der Waals surface area contributed by atoms with Crippen molar-refractivity contribution in [3.8, 4) is 17.2 Å². The molecule has 2 N–H and O–H groups in total. The number of hydrogen-bond donors (Lipinski definition) is 2. The van der Waals surface area contributed by atoms with E-state index in [-0.39, 0.29) is 40.7 Å². The second-order valence-electron chi connectivity index (χ2n) is 8.43. The highest BCUT2D eigenvalue weighted by Gasteiger charge is 2.58. The topological polar surface area (TPSA) is 119 Å². The highest BCUT2D eigenvalue weighted by molar-refractivity contribution is 6.27. The predicted molar refractivity (Wildman–Crippen MR) is 117 cm³/mol. The molecule has 9 heteroatoms. The maximum atomic E-state index is 13.9. The van der Waals surface area contributed by atoms with Crippen LogP contribution in [0.2, 0.25) is 0 Å². The van der Waals surface area contributed by atoms with Gasteiger partial charge < -0.3 is 19.9 Å². The van der Waals surface area contributed by atoms with E-state index in [1.807, 2.05) is 0 Å². The summed E-state index contributed by atoms with van der Waals surface area (Å²) in [6.45, 7) is 4.15. The molecule has 1 amide bonds. The number of phenols is 1. The second-order valence-corrected chi connectivity index (χ2v) is 8.43. The fourth-order valence-electron chi connectivity index (χ4n) is 4.46. The number of halogens is 1. The molecule has 0 saturated carbocycles. The molecule has 0 spiro atoms. The van der Waals surface area contributed by atoms with Gasteiger partial charge in [-0.25, -0.2) is 4.39 Å². The number of Topliss-reactive ketones (excluding diaryl/α,β-unsaturated/α-hetero) is 2. The van der Waals surface area contributed by atoms with Crippen LogP contribution in [0, 0.1) is 18.7 Å². The summed E-state index contributed by atoms with van der Waals surface area (Å²) in [5, 5.41) is 13.4. The molecule has 0 saturated heterocycles. The lowest BCUT2D eigenvalue weighted by molar-refractivity contribution is -0.140. The Morgan fingerprint density at radius 3 is 2.65 bits per heavy atom. The van der Waals surface area contributed by atoms with Crippen LogP contribution < -0.4 is 14.8 Å². The third-order valence-corrected chi connectivity index (χ3v) is 6.41. The van der Waals surface area contributed by atoms with Crippen molar-refractivity contribution in [2.24, 2.45) is 5.92 Å². The number of rotatable bonds is 5. The van der Waals surface area contributed by atoms with Crippen molar-refractivity contribution in [1.29, 1.82) is 0 Å². The standard InChI is InChI=1S/C25H22FNO7/c1-11-13(6-5-7-14(11)26)10-27-24(32)20-17(33-4)8-16(30)21-22(20)34-18-9-15(29)19(12(2)28)23(31)25(18,21)3/h5-9,19,30H,10H2,1-4H3,(H,27,32)/t19?,25-/m1/s1. The molecule has 2 atom stereocenters. The fourth-order valence-corrected chi connectivity index (χ4v) is 4.46. The van der Waals surface area contributed by atoms with E-state index in [0.29, 0.717) is 11.1 Å². The Labute approximate surface area is 194 Å². The van der Waals surface area contributed by atoms with E-state index in [9.17, 15) is 28.7 Å². The Morgan fingerprint density at radius 1 is 1.29 bits per heavy atom. The number of amides is 1. The Morgan fingerprint density at radius 2 is 2.00 bits per heavy atom. The minimum atomic E-state index is -1.65. The van der Waals surface area contributed by atoms with Crippen molar-refractivity contribution in [3.63, 3.8) is 0 Å². The Hall–Kier alpha value is -4.01. The van der Waals surface area contributed by atoms with E-state index >= 15 is 0 Å². The number of hydrogen-bond acceptors (Lipinski definition) is 7. The zero-order chi connectivity index (χ0) is 24.9. The zero-order valence-electron chi connectivity index (χ0n) is 18.9. The Kier molecular flexibility index (Phi) is 5.51. The number of carbonyl (C=O) groups excluding carboxylic acids is 4.